The highest BCUT2D eigenvalue weighted by Gasteiger charge is 2.48. The Labute approximate surface area is 177 Å². The topological polar surface area (TPSA) is 125 Å². The Bertz CT molecular complexity index is 923. The van der Waals surface area contributed by atoms with Gasteiger partial charge in [-0.05, 0) is 45.4 Å². The molecule has 0 aliphatic heterocycles. The van der Waals surface area contributed by atoms with E-state index in [0.29, 0.717) is 0 Å². The number of nitrogens with one attached hydrogen (secondary N) is 1. The van der Waals surface area contributed by atoms with Crippen LogP contribution in [0.2, 0.25) is 0 Å². The smallest absolute Gasteiger partial charge is 0.464 e. The number of carbonyl (C=O) groups excluding carboxylic acids is 3. The number of alkyl halides is 3. The van der Waals surface area contributed by atoms with Gasteiger partial charge in [-0.3, -0.25) is 4.79 Å². The zero-order valence-corrected chi connectivity index (χ0v) is 17.9. The highest BCUT2D eigenvalue weighted by Crippen LogP contribution is 2.29. The number of carbonyl (C=O) groups is 3. The van der Waals surface area contributed by atoms with Crippen molar-refractivity contribution >= 4 is 28.5 Å². The Morgan fingerprint density at radius 1 is 1.19 bits per heavy atom. The van der Waals surface area contributed by atoms with Crippen molar-refractivity contribution in [3.05, 3.63) is 29.3 Å². The van der Waals surface area contributed by atoms with Crippen LogP contribution in [0.15, 0.2) is 18.2 Å². The summed E-state index contributed by atoms with van der Waals surface area (Å²) in [6.07, 6.45) is -1.17. The van der Waals surface area contributed by atoms with Crippen LogP contribution in [0.4, 0.5) is 18.0 Å². The zero-order chi connectivity index (χ0) is 24.0. The van der Waals surface area contributed by atoms with E-state index in [1.807, 2.05) is 0 Å². The number of amides is 1. The lowest BCUT2D eigenvalue weighted by Gasteiger charge is -2.23. The number of esters is 1. The molecule has 0 aliphatic carbocycles. The van der Waals surface area contributed by atoms with Gasteiger partial charge in [-0.15, -0.1) is 0 Å². The second-order valence-electron chi connectivity index (χ2n) is 7.13. The van der Waals surface area contributed by atoms with Gasteiger partial charge < -0.3 is 19.0 Å². The lowest BCUT2D eigenvalue weighted by molar-refractivity contribution is -0.145. The van der Waals surface area contributed by atoms with Gasteiger partial charge >= 0.3 is 27.7 Å². The number of hydrogen-bond donors (Lipinski definition) is 1. The average Bonchev–Trinajstić information content (AvgIpc) is 2.58. The first kappa shape index (κ1) is 26.2. The number of rotatable bonds is 8. The van der Waals surface area contributed by atoms with Crippen molar-refractivity contribution in [2.75, 3.05) is 6.61 Å². The molecule has 31 heavy (non-hydrogen) atoms. The number of ether oxygens (including phenoxy) is 2. The van der Waals surface area contributed by atoms with E-state index in [2.05, 4.69) is 9.50 Å². The minimum absolute atomic E-state index is 0.0202. The third-order valence-corrected chi connectivity index (χ3v) is 4.36. The van der Waals surface area contributed by atoms with Crippen molar-refractivity contribution in [1.29, 1.82) is 0 Å². The molecule has 0 fully saturated rings. The third kappa shape index (κ3) is 8.07. The van der Waals surface area contributed by atoms with Gasteiger partial charge in [-0.25, -0.2) is 9.59 Å². The molecule has 0 aromatic heterocycles. The van der Waals surface area contributed by atoms with Crippen LogP contribution >= 0.6 is 0 Å². The Morgan fingerprint density at radius 3 is 2.29 bits per heavy atom. The molecule has 9 nitrogen and oxygen atoms in total. The van der Waals surface area contributed by atoms with Crippen LogP contribution < -0.4 is 9.50 Å². The van der Waals surface area contributed by atoms with Gasteiger partial charge in [0.1, 0.15) is 11.6 Å². The van der Waals surface area contributed by atoms with Crippen molar-refractivity contribution < 1.29 is 49.6 Å². The largest absolute Gasteiger partial charge is 0.534 e. The summed E-state index contributed by atoms with van der Waals surface area (Å²) in [6.45, 7) is 6.28. The van der Waals surface area contributed by atoms with Crippen molar-refractivity contribution in [1.82, 2.24) is 5.32 Å². The summed E-state index contributed by atoms with van der Waals surface area (Å²) in [7, 11) is -6.03. The molecule has 174 valence electrons. The second kappa shape index (κ2) is 9.98. The van der Waals surface area contributed by atoms with E-state index in [0.717, 1.165) is 12.1 Å². The normalized spacial score (nSPS) is 13.1. The van der Waals surface area contributed by atoms with E-state index in [1.165, 1.54) is 13.0 Å². The Hall–Kier alpha value is -2.83. The van der Waals surface area contributed by atoms with Gasteiger partial charge in [-0.2, -0.15) is 21.6 Å². The maximum absolute atomic E-state index is 12.6. The van der Waals surface area contributed by atoms with Crippen LogP contribution in [0.1, 0.15) is 43.6 Å². The molecule has 0 radical (unpaired) electrons. The first-order chi connectivity index (χ1) is 14.1. The van der Waals surface area contributed by atoms with E-state index in [9.17, 15) is 36.0 Å². The molecule has 1 rings (SSSR count). The molecule has 0 unspecified atom stereocenters. The minimum Gasteiger partial charge on any atom is -0.464 e. The second-order valence-corrected chi connectivity index (χ2v) is 8.67. The van der Waals surface area contributed by atoms with Gasteiger partial charge in [-0.1, -0.05) is 6.07 Å². The maximum atomic E-state index is 12.6. The molecule has 0 bridgehead atoms. The molecule has 0 saturated heterocycles. The Kier molecular flexibility index (Phi) is 8.44. The SMILES string of the molecule is CCOC(=O)[C@H](Cc1ccc(C=O)c(OS(=O)(=O)C(F)(F)F)c1)NC(=O)OC(C)(C)C. The van der Waals surface area contributed by atoms with Crippen molar-refractivity contribution in [2.24, 2.45) is 0 Å². The summed E-state index contributed by atoms with van der Waals surface area (Å²) in [5, 5.41) is 2.28. The van der Waals surface area contributed by atoms with E-state index >= 15 is 0 Å². The van der Waals surface area contributed by atoms with Crippen LogP contribution in [0.25, 0.3) is 0 Å². The predicted molar refractivity (Wildman–Crippen MR) is 101 cm³/mol. The number of halogens is 3. The fraction of sp³-hybridized carbons (Fsp3) is 0.500. The summed E-state index contributed by atoms with van der Waals surface area (Å²) in [6, 6.07) is 1.79. The predicted octanol–water partition coefficient (Wildman–Crippen LogP) is 2.73. The quantitative estimate of drug-likeness (QED) is 0.267. The van der Waals surface area contributed by atoms with Gasteiger partial charge in [0.15, 0.2) is 12.0 Å². The highest BCUT2D eigenvalue weighted by molar-refractivity contribution is 7.88. The van der Waals surface area contributed by atoms with E-state index in [-0.39, 0.29) is 24.9 Å². The van der Waals surface area contributed by atoms with E-state index in [1.54, 1.807) is 20.8 Å². The standard InChI is InChI=1S/C18H22F3NO8S/c1-5-28-15(24)13(22-16(25)29-17(2,3)4)8-11-6-7-12(10-23)14(9-11)30-31(26,27)18(19,20)21/h6-7,9-10,13H,5,8H2,1-4H3,(H,22,25)/t13-/m0/s1. The summed E-state index contributed by atoms with van der Waals surface area (Å²) in [4.78, 5) is 35.3. The van der Waals surface area contributed by atoms with Crippen molar-refractivity contribution in [2.45, 2.75) is 51.3 Å². The fourth-order valence-electron chi connectivity index (χ4n) is 2.16. The third-order valence-electron chi connectivity index (χ3n) is 3.39. The molecule has 0 heterocycles. The first-order valence-electron chi connectivity index (χ1n) is 8.84. The van der Waals surface area contributed by atoms with Crippen molar-refractivity contribution in [3.8, 4) is 5.75 Å². The molecular formula is C18H22F3NO8S. The van der Waals surface area contributed by atoms with Gasteiger partial charge in [0.05, 0.1) is 12.2 Å². The van der Waals surface area contributed by atoms with Crippen LogP contribution in [0, 0.1) is 0 Å². The van der Waals surface area contributed by atoms with Crippen LogP contribution in [0.3, 0.4) is 0 Å². The van der Waals surface area contributed by atoms with Gasteiger partial charge in [0.25, 0.3) is 0 Å². The zero-order valence-electron chi connectivity index (χ0n) is 17.1. The lowest BCUT2D eigenvalue weighted by Crippen LogP contribution is -2.45. The highest BCUT2D eigenvalue weighted by atomic mass is 32.2. The molecule has 1 N–H and O–H groups in total. The summed E-state index contributed by atoms with van der Waals surface area (Å²) >= 11 is 0. The fourth-order valence-corrected chi connectivity index (χ4v) is 2.64. The molecule has 1 atom stereocenters. The Morgan fingerprint density at radius 2 is 1.81 bits per heavy atom. The molecule has 13 heteroatoms. The number of benzene rings is 1. The summed E-state index contributed by atoms with van der Waals surface area (Å²) < 4.78 is 74.4. The van der Waals surface area contributed by atoms with E-state index < -0.39 is 50.6 Å². The number of hydrogen-bond acceptors (Lipinski definition) is 8. The lowest BCUT2D eigenvalue weighted by atomic mass is 10.0. The summed E-state index contributed by atoms with van der Waals surface area (Å²) in [5.41, 5.74) is -6.98. The molecule has 0 spiro atoms. The van der Waals surface area contributed by atoms with Crippen molar-refractivity contribution in [3.63, 3.8) is 0 Å². The number of aldehydes is 1. The van der Waals surface area contributed by atoms with E-state index in [4.69, 9.17) is 9.47 Å². The monoisotopic (exact) mass is 469 g/mol. The summed E-state index contributed by atoms with van der Waals surface area (Å²) in [5.74, 6) is -1.75. The maximum Gasteiger partial charge on any atom is 0.534 e. The average molecular weight is 469 g/mol. The Balaban J connectivity index is 3.21. The molecule has 1 aromatic rings. The molecular weight excluding hydrogens is 447 g/mol. The molecule has 0 aliphatic rings. The first-order valence-corrected chi connectivity index (χ1v) is 10.3. The van der Waals surface area contributed by atoms with Gasteiger partial charge in [0.2, 0.25) is 0 Å². The van der Waals surface area contributed by atoms with Gasteiger partial charge in [0, 0.05) is 6.42 Å². The van der Waals surface area contributed by atoms with Crippen LogP contribution in [-0.4, -0.2) is 50.5 Å². The molecule has 1 aromatic carbocycles. The molecule has 0 saturated carbocycles. The minimum atomic E-state index is -6.03. The van der Waals surface area contributed by atoms with Crippen LogP contribution in [-0.2, 0) is 30.8 Å². The number of alkyl carbamates (subject to hydrolysis) is 1. The molecule has 1 amide bonds. The van der Waals surface area contributed by atoms with Crippen LogP contribution in [0.5, 0.6) is 5.75 Å².